The van der Waals surface area contributed by atoms with Gasteiger partial charge in [0.1, 0.15) is 11.8 Å². The molecule has 2 rings (SSSR count). The van der Waals surface area contributed by atoms with Gasteiger partial charge in [0.25, 0.3) is 5.91 Å². The first-order valence-electron chi connectivity index (χ1n) is 7.89. The number of thioether (sulfide) groups is 1. The Morgan fingerprint density at radius 2 is 1.96 bits per heavy atom. The van der Waals surface area contributed by atoms with E-state index in [-0.39, 0.29) is 10.8 Å². The van der Waals surface area contributed by atoms with Gasteiger partial charge in [-0.25, -0.2) is 0 Å². The molecular weight excluding hydrogens is 388 g/mol. The zero-order valence-corrected chi connectivity index (χ0v) is 16.3. The third-order valence-corrected chi connectivity index (χ3v) is 4.75. The summed E-state index contributed by atoms with van der Waals surface area (Å²) in [5.41, 5.74) is 0.726. The van der Waals surface area contributed by atoms with E-state index in [9.17, 15) is 9.59 Å². The maximum atomic E-state index is 12.1. The number of nitriles is 1. The van der Waals surface area contributed by atoms with E-state index in [1.54, 1.807) is 25.3 Å². The van der Waals surface area contributed by atoms with E-state index < -0.39 is 18.0 Å². The fourth-order valence-corrected chi connectivity index (χ4v) is 2.93. The average molecular weight is 405 g/mol. The summed E-state index contributed by atoms with van der Waals surface area (Å²) in [4.78, 5) is 25.0. The lowest BCUT2D eigenvalue weighted by Crippen LogP contribution is -2.30. The first-order chi connectivity index (χ1) is 12.9. The Bertz CT molecular complexity index is 865. The molecule has 0 radical (unpaired) electrons. The highest BCUT2D eigenvalue weighted by Gasteiger charge is 2.18. The van der Waals surface area contributed by atoms with Crippen LogP contribution in [-0.2, 0) is 14.3 Å². The van der Waals surface area contributed by atoms with Gasteiger partial charge < -0.3 is 14.8 Å². The lowest BCUT2D eigenvalue weighted by molar-refractivity contribution is -0.150. The van der Waals surface area contributed by atoms with Crippen LogP contribution >= 0.6 is 23.4 Å². The summed E-state index contributed by atoms with van der Waals surface area (Å²) in [7, 11) is 1.58. The summed E-state index contributed by atoms with van der Waals surface area (Å²) in [6.45, 7) is 1.48. The van der Waals surface area contributed by atoms with E-state index in [1.807, 2.05) is 18.2 Å². The molecule has 27 heavy (non-hydrogen) atoms. The summed E-state index contributed by atoms with van der Waals surface area (Å²) in [6, 6.07) is 13.7. The molecule has 1 N–H and O–H groups in total. The number of carbonyl (C=O) groups is 2. The summed E-state index contributed by atoms with van der Waals surface area (Å²) >= 11 is 7.23. The summed E-state index contributed by atoms with van der Waals surface area (Å²) < 4.78 is 10.2. The van der Waals surface area contributed by atoms with Gasteiger partial charge >= 0.3 is 5.97 Å². The van der Waals surface area contributed by atoms with Crippen molar-refractivity contribution >= 4 is 40.9 Å². The molecule has 0 aliphatic heterocycles. The number of benzene rings is 2. The second-order valence-electron chi connectivity index (χ2n) is 5.39. The van der Waals surface area contributed by atoms with Gasteiger partial charge in [-0.3, -0.25) is 9.59 Å². The molecule has 0 heterocycles. The minimum absolute atomic E-state index is 0.0760. The van der Waals surface area contributed by atoms with E-state index in [1.165, 1.54) is 30.8 Å². The van der Waals surface area contributed by atoms with Crippen molar-refractivity contribution in [3.63, 3.8) is 0 Å². The topological polar surface area (TPSA) is 88.4 Å². The average Bonchev–Trinajstić information content (AvgIpc) is 2.66. The van der Waals surface area contributed by atoms with E-state index in [4.69, 9.17) is 26.3 Å². The molecule has 0 spiro atoms. The number of rotatable bonds is 7. The molecule has 2 aromatic rings. The monoisotopic (exact) mass is 404 g/mol. The predicted octanol–water partition coefficient (Wildman–Crippen LogP) is 3.88. The van der Waals surface area contributed by atoms with Gasteiger partial charge in [0.2, 0.25) is 0 Å². The van der Waals surface area contributed by atoms with Crippen LogP contribution in [0.4, 0.5) is 5.69 Å². The molecule has 0 saturated heterocycles. The number of hydrogen-bond acceptors (Lipinski definition) is 6. The molecule has 0 aromatic heterocycles. The number of nitrogens with one attached hydrogen (secondary N) is 1. The highest BCUT2D eigenvalue weighted by Crippen LogP contribution is 2.22. The molecule has 0 bridgehead atoms. The molecule has 0 fully saturated rings. The van der Waals surface area contributed by atoms with Crippen LogP contribution in [0, 0.1) is 11.3 Å². The zero-order chi connectivity index (χ0) is 19.8. The Labute approximate surface area is 166 Å². The first-order valence-corrected chi connectivity index (χ1v) is 9.26. The SMILES string of the molecule is COc1ccc(SCC(=O)O[C@H](C)C(=O)Nc2ccc(C#N)c(Cl)c2)cc1. The Morgan fingerprint density at radius 1 is 1.26 bits per heavy atom. The van der Waals surface area contributed by atoms with Gasteiger partial charge in [0.05, 0.1) is 23.4 Å². The van der Waals surface area contributed by atoms with E-state index >= 15 is 0 Å². The lowest BCUT2D eigenvalue weighted by Gasteiger charge is -2.14. The second-order valence-corrected chi connectivity index (χ2v) is 6.85. The van der Waals surface area contributed by atoms with E-state index in [2.05, 4.69) is 5.32 Å². The number of nitrogens with zero attached hydrogens (tertiary/aromatic N) is 1. The largest absolute Gasteiger partial charge is 0.497 e. The Morgan fingerprint density at radius 3 is 2.56 bits per heavy atom. The third kappa shape index (κ3) is 6.20. The fraction of sp³-hybridized carbons (Fsp3) is 0.211. The standard InChI is InChI=1S/C19H17ClN2O4S/c1-12(19(24)22-14-4-3-13(10-21)17(20)9-14)26-18(23)11-27-16-7-5-15(25-2)6-8-16/h3-9,12H,11H2,1-2H3,(H,22,24)/t12-/m1/s1. The number of hydrogen-bond donors (Lipinski definition) is 1. The Balaban J connectivity index is 1.83. The van der Waals surface area contributed by atoms with Gasteiger partial charge in [-0.15, -0.1) is 11.8 Å². The van der Waals surface area contributed by atoms with Crippen LogP contribution in [0.5, 0.6) is 5.75 Å². The normalized spacial score (nSPS) is 11.2. The van der Waals surface area contributed by atoms with Gasteiger partial charge in [0.15, 0.2) is 6.10 Å². The van der Waals surface area contributed by atoms with Crippen molar-refractivity contribution < 1.29 is 19.1 Å². The van der Waals surface area contributed by atoms with Crippen LogP contribution < -0.4 is 10.1 Å². The fourth-order valence-electron chi connectivity index (χ4n) is 2.03. The number of carbonyl (C=O) groups excluding carboxylic acids is 2. The molecule has 0 aliphatic carbocycles. The van der Waals surface area contributed by atoms with Crippen LogP contribution in [0.25, 0.3) is 0 Å². The first kappa shape index (κ1) is 20.6. The van der Waals surface area contributed by atoms with Crippen molar-refractivity contribution in [2.45, 2.75) is 17.9 Å². The van der Waals surface area contributed by atoms with Crippen molar-refractivity contribution in [1.82, 2.24) is 0 Å². The Hall–Kier alpha value is -2.69. The van der Waals surface area contributed by atoms with Crippen LogP contribution in [0.2, 0.25) is 5.02 Å². The van der Waals surface area contributed by atoms with Crippen molar-refractivity contribution in [2.75, 3.05) is 18.2 Å². The number of methoxy groups -OCH3 is 1. The number of amides is 1. The summed E-state index contributed by atoms with van der Waals surface area (Å²) in [5, 5.41) is 11.7. The number of esters is 1. The van der Waals surface area contributed by atoms with Crippen molar-refractivity contribution in [3.05, 3.63) is 53.1 Å². The van der Waals surface area contributed by atoms with E-state index in [0.29, 0.717) is 11.3 Å². The van der Waals surface area contributed by atoms with Crippen LogP contribution in [0.3, 0.4) is 0 Å². The van der Waals surface area contributed by atoms with Crippen molar-refractivity contribution in [1.29, 1.82) is 5.26 Å². The van der Waals surface area contributed by atoms with Gasteiger partial charge in [0, 0.05) is 10.6 Å². The van der Waals surface area contributed by atoms with Crippen molar-refractivity contribution in [2.24, 2.45) is 0 Å². The highest BCUT2D eigenvalue weighted by atomic mass is 35.5. The maximum Gasteiger partial charge on any atom is 0.317 e. The molecular formula is C19H17ClN2O4S. The summed E-state index contributed by atoms with van der Waals surface area (Å²) in [5.74, 6) is -0.183. The third-order valence-electron chi connectivity index (χ3n) is 3.45. The number of anilines is 1. The minimum atomic E-state index is -0.969. The smallest absolute Gasteiger partial charge is 0.317 e. The minimum Gasteiger partial charge on any atom is -0.497 e. The lowest BCUT2D eigenvalue weighted by atomic mass is 10.2. The molecule has 0 saturated carbocycles. The molecule has 8 heteroatoms. The highest BCUT2D eigenvalue weighted by molar-refractivity contribution is 8.00. The van der Waals surface area contributed by atoms with Gasteiger partial charge in [-0.2, -0.15) is 5.26 Å². The molecule has 6 nitrogen and oxygen atoms in total. The quantitative estimate of drug-likeness (QED) is 0.556. The maximum absolute atomic E-state index is 12.1. The molecule has 1 amide bonds. The molecule has 0 unspecified atom stereocenters. The van der Waals surface area contributed by atoms with Crippen LogP contribution in [0.1, 0.15) is 12.5 Å². The predicted molar refractivity (Wildman–Crippen MR) is 104 cm³/mol. The van der Waals surface area contributed by atoms with Crippen LogP contribution in [-0.4, -0.2) is 30.8 Å². The molecule has 140 valence electrons. The molecule has 1 atom stereocenters. The van der Waals surface area contributed by atoms with Gasteiger partial charge in [-0.05, 0) is 49.4 Å². The molecule has 0 aliphatic rings. The van der Waals surface area contributed by atoms with Crippen LogP contribution in [0.15, 0.2) is 47.4 Å². The second kappa shape index (κ2) is 9.86. The summed E-state index contributed by atoms with van der Waals surface area (Å²) in [6.07, 6.45) is -0.969. The van der Waals surface area contributed by atoms with Crippen molar-refractivity contribution in [3.8, 4) is 11.8 Å². The number of halogens is 1. The zero-order valence-electron chi connectivity index (χ0n) is 14.7. The number of ether oxygens (including phenoxy) is 2. The molecule has 2 aromatic carbocycles. The Kier molecular flexibility index (Phi) is 7.53. The van der Waals surface area contributed by atoms with E-state index in [0.717, 1.165) is 10.6 Å². The van der Waals surface area contributed by atoms with Gasteiger partial charge in [-0.1, -0.05) is 11.6 Å².